The van der Waals surface area contributed by atoms with Gasteiger partial charge in [0.05, 0.1) is 11.3 Å². The second-order valence-electron chi connectivity index (χ2n) is 5.32. The standard InChI is InChI=1S/C13H22ClN3O/c1-4-10-8-15-6-5-13(10,18)7-11-9(2)16-17(3)12(11)14/h10,15,18H,4-8H2,1-3H3. The van der Waals surface area contributed by atoms with Gasteiger partial charge in [-0.2, -0.15) is 5.10 Å². The van der Waals surface area contributed by atoms with Crippen molar-refractivity contribution in [2.75, 3.05) is 13.1 Å². The number of hydrogen-bond acceptors (Lipinski definition) is 3. The minimum absolute atomic E-state index is 0.280. The lowest BCUT2D eigenvalue weighted by molar-refractivity contribution is -0.0415. The molecule has 0 aliphatic carbocycles. The zero-order chi connectivity index (χ0) is 13.3. The molecule has 2 N–H and O–H groups in total. The first-order valence-electron chi connectivity index (χ1n) is 6.59. The molecule has 0 aromatic carbocycles. The predicted octanol–water partition coefficient (Wildman–Crippen LogP) is 1.68. The van der Waals surface area contributed by atoms with Crippen molar-refractivity contribution in [1.82, 2.24) is 15.1 Å². The molecule has 4 nitrogen and oxygen atoms in total. The van der Waals surface area contributed by atoms with Crippen LogP contribution in [-0.2, 0) is 13.5 Å². The van der Waals surface area contributed by atoms with Crippen LogP contribution < -0.4 is 5.32 Å². The maximum atomic E-state index is 10.9. The highest BCUT2D eigenvalue weighted by Gasteiger charge is 2.39. The van der Waals surface area contributed by atoms with E-state index in [2.05, 4.69) is 17.3 Å². The molecular weight excluding hydrogens is 250 g/mol. The molecule has 1 aromatic rings. The van der Waals surface area contributed by atoms with Gasteiger partial charge in [0.2, 0.25) is 0 Å². The van der Waals surface area contributed by atoms with Gasteiger partial charge in [0.25, 0.3) is 0 Å². The molecule has 1 fully saturated rings. The van der Waals surface area contributed by atoms with Crippen molar-refractivity contribution in [3.63, 3.8) is 0 Å². The van der Waals surface area contributed by atoms with E-state index < -0.39 is 5.60 Å². The van der Waals surface area contributed by atoms with Crippen LogP contribution in [0.25, 0.3) is 0 Å². The van der Waals surface area contributed by atoms with E-state index in [9.17, 15) is 5.11 Å². The third kappa shape index (κ3) is 2.42. The van der Waals surface area contributed by atoms with E-state index in [1.165, 1.54) is 0 Å². The monoisotopic (exact) mass is 271 g/mol. The highest BCUT2D eigenvalue weighted by molar-refractivity contribution is 6.30. The van der Waals surface area contributed by atoms with Crippen LogP contribution in [0.3, 0.4) is 0 Å². The van der Waals surface area contributed by atoms with Crippen molar-refractivity contribution in [1.29, 1.82) is 0 Å². The van der Waals surface area contributed by atoms with Gasteiger partial charge in [0.1, 0.15) is 5.15 Å². The Hall–Kier alpha value is -0.580. The Morgan fingerprint density at radius 1 is 1.61 bits per heavy atom. The first-order chi connectivity index (χ1) is 8.48. The largest absolute Gasteiger partial charge is 0.389 e. The minimum Gasteiger partial charge on any atom is -0.389 e. The number of rotatable bonds is 3. The summed E-state index contributed by atoms with van der Waals surface area (Å²) >= 11 is 6.26. The van der Waals surface area contributed by atoms with Gasteiger partial charge >= 0.3 is 0 Å². The zero-order valence-electron chi connectivity index (χ0n) is 11.3. The summed E-state index contributed by atoms with van der Waals surface area (Å²) in [6.45, 7) is 5.82. The molecule has 1 aliphatic rings. The van der Waals surface area contributed by atoms with Gasteiger partial charge in [0.15, 0.2) is 0 Å². The van der Waals surface area contributed by atoms with Crippen LogP contribution in [-0.4, -0.2) is 33.6 Å². The number of hydrogen-bond donors (Lipinski definition) is 2. The van der Waals surface area contributed by atoms with E-state index in [0.717, 1.165) is 37.2 Å². The zero-order valence-corrected chi connectivity index (χ0v) is 12.1. The highest BCUT2D eigenvalue weighted by Crippen LogP contribution is 2.33. The van der Waals surface area contributed by atoms with Crippen molar-refractivity contribution < 1.29 is 5.11 Å². The molecule has 102 valence electrons. The number of aryl methyl sites for hydroxylation is 2. The number of halogens is 1. The Morgan fingerprint density at radius 2 is 2.33 bits per heavy atom. The molecule has 0 saturated carbocycles. The first kappa shape index (κ1) is 13.8. The van der Waals surface area contributed by atoms with Crippen LogP contribution in [0.5, 0.6) is 0 Å². The Balaban J connectivity index is 2.25. The molecule has 2 unspecified atom stereocenters. The van der Waals surface area contributed by atoms with E-state index >= 15 is 0 Å². The van der Waals surface area contributed by atoms with Crippen LogP contribution in [0, 0.1) is 12.8 Å². The van der Waals surface area contributed by atoms with E-state index in [1.807, 2.05) is 14.0 Å². The molecule has 1 aromatic heterocycles. The van der Waals surface area contributed by atoms with Gasteiger partial charge in [-0.05, 0) is 26.3 Å². The van der Waals surface area contributed by atoms with E-state index in [4.69, 9.17) is 11.6 Å². The third-order valence-electron chi connectivity index (χ3n) is 4.13. The average molecular weight is 272 g/mol. The summed E-state index contributed by atoms with van der Waals surface area (Å²) in [5.74, 6) is 0.280. The van der Waals surface area contributed by atoms with Crippen molar-refractivity contribution in [2.24, 2.45) is 13.0 Å². The van der Waals surface area contributed by atoms with Crippen LogP contribution in [0.4, 0.5) is 0 Å². The lowest BCUT2D eigenvalue weighted by Crippen LogP contribution is -2.51. The number of nitrogens with one attached hydrogen (secondary N) is 1. The maximum Gasteiger partial charge on any atom is 0.130 e. The smallest absolute Gasteiger partial charge is 0.130 e. The van der Waals surface area contributed by atoms with Crippen molar-refractivity contribution in [3.8, 4) is 0 Å². The van der Waals surface area contributed by atoms with Gasteiger partial charge in [-0.3, -0.25) is 4.68 Å². The van der Waals surface area contributed by atoms with Crippen molar-refractivity contribution in [2.45, 2.75) is 38.7 Å². The van der Waals surface area contributed by atoms with Gasteiger partial charge < -0.3 is 10.4 Å². The SMILES string of the molecule is CCC1CNCCC1(O)Cc1c(C)nn(C)c1Cl. The Kier molecular flexibility index (Phi) is 3.99. The van der Waals surface area contributed by atoms with Crippen LogP contribution in [0.1, 0.15) is 31.0 Å². The summed E-state index contributed by atoms with van der Waals surface area (Å²) in [5.41, 5.74) is 1.25. The highest BCUT2D eigenvalue weighted by atomic mass is 35.5. The molecule has 2 heterocycles. The fraction of sp³-hybridized carbons (Fsp3) is 0.769. The molecule has 5 heteroatoms. The first-order valence-corrected chi connectivity index (χ1v) is 6.97. The molecule has 18 heavy (non-hydrogen) atoms. The third-order valence-corrected chi connectivity index (χ3v) is 4.60. The summed E-state index contributed by atoms with van der Waals surface area (Å²) in [5, 5.41) is 19.2. The van der Waals surface area contributed by atoms with E-state index in [1.54, 1.807) is 4.68 Å². The summed E-state index contributed by atoms with van der Waals surface area (Å²) in [7, 11) is 1.84. The summed E-state index contributed by atoms with van der Waals surface area (Å²) in [6.07, 6.45) is 2.35. The lowest BCUT2D eigenvalue weighted by atomic mass is 9.76. The molecule has 0 bridgehead atoms. The van der Waals surface area contributed by atoms with E-state index in [0.29, 0.717) is 11.6 Å². The van der Waals surface area contributed by atoms with E-state index in [-0.39, 0.29) is 5.92 Å². The van der Waals surface area contributed by atoms with Gasteiger partial charge in [0, 0.05) is 31.5 Å². The summed E-state index contributed by atoms with van der Waals surface area (Å²) < 4.78 is 1.68. The molecule has 1 saturated heterocycles. The Bertz CT molecular complexity index is 432. The second-order valence-corrected chi connectivity index (χ2v) is 5.68. The fourth-order valence-corrected chi connectivity index (χ4v) is 3.15. The van der Waals surface area contributed by atoms with Crippen LogP contribution >= 0.6 is 11.6 Å². The molecule has 0 spiro atoms. The number of aromatic nitrogens is 2. The average Bonchev–Trinajstić information content (AvgIpc) is 2.56. The van der Waals surface area contributed by atoms with Gasteiger partial charge in [-0.25, -0.2) is 0 Å². The van der Waals surface area contributed by atoms with Gasteiger partial charge in [-0.1, -0.05) is 18.5 Å². The summed E-state index contributed by atoms with van der Waals surface area (Å²) in [6, 6.07) is 0. The summed E-state index contributed by atoms with van der Waals surface area (Å²) in [4.78, 5) is 0. The molecule has 0 radical (unpaired) electrons. The topological polar surface area (TPSA) is 50.1 Å². The van der Waals surface area contributed by atoms with Crippen molar-refractivity contribution >= 4 is 11.6 Å². The number of piperidine rings is 1. The molecule has 0 amide bonds. The molecule has 1 aliphatic heterocycles. The fourth-order valence-electron chi connectivity index (χ4n) is 2.91. The van der Waals surface area contributed by atoms with Crippen LogP contribution in [0.2, 0.25) is 5.15 Å². The predicted molar refractivity (Wildman–Crippen MR) is 72.9 cm³/mol. The lowest BCUT2D eigenvalue weighted by Gasteiger charge is -2.40. The number of nitrogens with zero attached hydrogens (tertiary/aromatic N) is 2. The maximum absolute atomic E-state index is 10.9. The molecule has 2 rings (SSSR count). The number of aliphatic hydroxyl groups is 1. The normalized spacial score (nSPS) is 28.6. The molecular formula is C13H22ClN3O. The molecule has 2 atom stereocenters. The van der Waals surface area contributed by atoms with Crippen molar-refractivity contribution in [3.05, 3.63) is 16.4 Å². The Labute approximate surface area is 113 Å². The second kappa shape index (κ2) is 5.19. The quantitative estimate of drug-likeness (QED) is 0.879. The van der Waals surface area contributed by atoms with Gasteiger partial charge in [-0.15, -0.1) is 0 Å². The van der Waals surface area contributed by atoms with Crippen LogP contribution in [0.15, 0.2) is 0 Å². The Morgan fingerprint density at radius 3 is 2.89 bits per heavy atom. The minimum atomic E-state index is -0.655.